The molecule has 0 aliphatic carbocycles. The quantitative estimate of drug-likeness (QED) is 0.336. The first-order valence-corrected chi connectivity index (χ1v) is 10.7. The molecular formula is C21H31N3O2S. The number of aryl methyl sites for hydroxylation is 1. The predicted octanol–water partition coefficient (Wildman–Crippen LogP) is 6.67. The first-order valence-electron chi connectivity index (χ1n) is 9.86. The minimum Gasteiger partial charge on any atom is -0.314 e. The Hall–Kier alpha value is -1.95. The molecule has 0 unspecified atom stereocenters. The van der Waals surface area contributed by atoms with Gasteiger partial charge in [0.2, 0.25) is 0 Å². The second-order valence-corrected chi connectivity index (χ2v) is 8.39. The molecule has 0 saturated heterocycles. The summed E-state index contributed by atoms with van der Waals surface area (Å²) in [5.74, 6) is 0.551. The standard InChI is InChI=1S/C21H31N3O2S/c1-6-8-18(9-7-2)23(21-22-17(14-27-21)12-15(3)4)20-13-19(24(25)26)11-10-16(20)5/h10-11,13-15,18H,6-9,12H2,1-5H3. The van der Waals surface area contributed by atoms with Crippen molar-refractivity contribution in [2.75, 3.05) is 4.90 Å². The number of rotatable bonds is 10. The van der Waals surface area contributed by atoms with Gasteiger partial charge < -0.3 is 4.90 Å². The minimum absolute atomic E-state index is 0.131. The fraction of sp³-hybridized carbons (Fsp3) is 0.571. The van der Waals surface area contributed by atoms with Gasteiger partial charge in [0.25, 0.3) is 5.69 Å². The molecule has 0 N–H and O–H groups in total. The van der Waals surface area contributed by atoms with Crippen LogP contribution in [0.1, 0.15) is 64.6 Å². The van der Waals surface area contributed by atoms with Gasteiger partial charge in [0.1, 0.15) is 0 Å². The van der Waals surface area contributed by atoms with Gasteiger partial charge in [-0.05, 0) is 37.7 Å². The molecule has 0 bridgehead atoms. The summed E-state index contributed by atoms with van der Waals surface area (Å²) in [7, 11) is 0. The number of hydrogen-bond donors (Lipinski definition) is 0. The van der Waals surface area contributed by atoms with Gasteiger partial charge in [0.05, 0.1) is 16.3 Å². The van der Waals surface area contributed by atoms with E-state index in [-0.39, 0.29) is 10.6 Å². The van der Waals surface area contributed by atoms with Crippen molar-refractivity contribution in [1.82, 2.24) is 4.98 Å². The van der Waals surface area contributed by atoms with Crippen molar-refractivity contribution in [3.63, 3.8) is 0 Å². The van der Waals surface area contributed by atoms with Crippen LogP contribution in [0.3, 0.4) is 0 Å². The van der Waals surface area contributed by atoms with Crippen LogP contribution in [0.15, 0.2) is 23.6 Å². The number of nitro benzene ring substituents is 1. The minimum atomic E-state index is -0.318. The van der Waals surface area contributed by atoms with Crippen LogP contribution in [0.5, 0.6) is 0 Å². The number of nitrogens with zero attached hydrogens (tertiary/aromatic N) is 3. The Morgan fingerprint density at radius 1 is 1.22 bits per heavy atom. The molecule has 1 aromatic carbocycles. The summed E-state index contributed by atoms with van der Waals surface area (Å²) in [6.45, 7) is 10.8. The zero-order valence-electron chi connectivity index (χ0n) is 17.1. The lowest BCUT2D eigenvalue weighted by Crippen LogP contribution is -2.31. The Labute approximate surface area is 166 Å². The van der Waals surface area contributed by atoms with Crippen molar-refractivity contribution >= 4 is 27.8 Å². The number of benzene rings is 1. The molecule has 5 nitrogen and oxygen atoms in total. The van der Waals surface area contributed by atoms with Crippen LogP contribution < -0.4 is 4.90 Å². The third-order valence-corrected chi connectivity index (χ3v) is 5.52. The Kier molecular flexibility index (Phi) is 7.78. The van der Waals surface area contributed by atoms with Crippen LogP contribution in [-0.4, -0.2) is 15.9 Å². The van der Waals surface area contributed by atoms with Gasteiger partial charge in [-0.2, -0.15) is 0 Å². The molecule has 0 aliphatic rings. The molecule has 1 aromatic heterocycles. The fourth-order valence-electron chi connectivity index (χ4n) is 3.41. The normalized spacial score (nSPS) is 11.4. The molecule has 6 heteroatoms. The summed E-state index contributed by atoms with van der Waals surface area (Å²) in [5.41, 5.74) is 3.18. The molecule has 0 spiro atoms. The maximum Gasteiger partial charge on any atom is 0.271 e. The van der Waals surface area contributed by atoms with Gasteiger partial charge in [-0.25, -0.2) is 4.98 Å². The third kappa shape index (κ3) is 5.51. The molecule has 0 amide bonds. The highest BCUT2D eigenvalue weighted by atomic mass is 32.1. The summed E-state index contributed by atoms with van der Waals surface area (Å²) in [6.07, 6.45) is 5.16. The molecule has 2 rings (SSSR count). The molecule has 0 aliphatic heterocycles. The van der Waals surface area contributed by atoms with E-state index in [2.05, 4.69) is 38.0 Å². The first-order chi connectivity index (χ1) is 12.9. The lowest BCUT2D eigenvalue weighted by molar-refractivity contribution is -0.384. The molecule has 1 heterocycles. The summed E-state index contributed by atoms with van der Waals surface area (Å²) < 4.78 is 0. The maximum atomic E-state index is 11.3. The highest BCUT2D eigenvalue weighted by Gasteiger charge is 2.25. The van der Waals surface area contributed by atoms with Gasteiger partial charge in [-0.15, -0.1) is 11.3 Å². The summed E-state index contributed by atoms with van der Waals surface area (Å²) in [5, 5.41) is 14.4. The lowest BCUT2D eigenvalue weighted by Gasteiger charge is -2.32. The van der Waals surface area contributed by atoms with Gasteiger partial charge in [0.15, 0.2) is 5.13 Å². The fourth-order valence-corrected chi connectivity index (χ4v) is 4.34. The average Bonchev–Trinajstić information content (AvgIpc) is 3.04. The Balaban J connectivity index is 2.54. The number of non-ortho nitro benzene ring substituents is 1. The van der Waals surface area contributed by atoms with Crippen LogP contribution >= 0.6 is 11.3 Å². The number of hydrogen-bond acceptors (Lipinski definition) is 5. The second-order valence-electron chi connectivity index (χ2n) is 7.55. The predicted molar refractivity (Wildman–Crippen MR) is 114 cm³/mol. The smallest absolute Gasteiger partial charge is 0.271 e. The van der Waals surface area contributed by atoms with E-state index in [0.717, 1.165) is 54.2 Å². The molecule has 0 radical (unpaired) electrons. The molecule has 0 fully saturated rings. The summed E-state index contributed by atoms with van der Waals surface area (Å²) in [4.78, 5) is 18.2. The van der Waals surface area contributed by atoms with E-state index in [9.17, 15) is 10.1 Å². The SMILES string of the molecule is CCCC(CCC)N(c1nc(CC(C)C)cs1)c1cc([N+](=O)[O-])ccc1C. The van der Waals surface area contributed by atoms with Crippen molar-refractivity contribution in [3.05, 3.63) is 45.0 Å². The van der Waals surface area contributed by atoms with Crippen LogP contribution in [0.25, 0.3) is 0 Å². The van der Waals surface area contributed by atoms with Gasteiger partial charge in [-0.1, -0.05) is 46.6 Å². The number of anilines is 2. The Morgan fingerprint density at radius 2 is 1.89 bits per heavy atom. The zero-order chi connectivity index (χ0) is 20.0. The number of nitro groups is 1. The average molecular weight is 390 g/mol. The molecule has 0 atom stereocenters. The summed E-state index contributed by atoms with van der Waals surface area (Å²) >= 11 is 1.64. The van der Waals surface area contributed by atoms with Crippen LogP contribution in [0, 0.1) is 23.0 Å². The van der Waals surface area contributed by atoms with Gasteiger partial charge in [0, 0.05) is 23.6 Å². The van der Waals surface area contributed by atoms with Crippen molar-refractivity contribution in [1.29, 1.82) is 0 Å². The monoisotopic (exact) mass is 389 g/mol. The van der Waals surface area contributed by atoms with Gasteiger partial charge >= 0.3 is 0 Å². The van der Waals surface area contributed by atoms with Gasteiger partial charge in [-0.3, -0.25) is 10.1 Å². The van der Waals surface area contributed by atoms with Crippen LogP contribution in [-0.2, 0) is 6.42 Å². The molecule has 27 heavy (non-hydrogen) atoms. The second kappa shape index (κ2) is 9.83. The van der Waals surface area contributed by atoms with Crippen LogP contribution in [0.4, 0.5) is 16.5 Å². The first kappa shape index (κ1) is 21.4. The van der Waals surface area contributed by atoms with E-state index in [1.807, 2.05) is 13.0 Å². The van der Waals surface area contributed by atoms with E-state index < -0.39 is 0 Å². The van der Waals surface area contributed by atoms with Crippen molar-refractivity contribution in [2.45, 2.75) is 72.8 Å². The Bertz CT molecular complexity index is 752. The van der Waals surface area contributed by atoms with Crippen molar-refractivity contribution in [2.24, 2.45) is 5.92 Å². The maximum absolute atomic E-state index is 11.3. The lowest BCUT2D eigenvalue weighted by atomic mass is 10.0. The van der Waals surface area contributed by atoms with E-state index in [4.69, 9.17) is 4.98 Å². The van der Waals surface area contributed by atoms with E-state index >= 15 is 0 Å². The van der Waals surface area contributed by atoms with E-state index in [0.29, 0.717) is 12.0 Å². The highest BCUT2D eigenvalue weighted by molar-refractivity contribution is 7.13. The van der Waals surface area contributed by atoms with Crippen molar-refractivity contribution < 1.29 is 4.92 Å². The third-order valence-electron chi connectivity index (χ3n) is 4.64. The largest absolute Gasteiger partial charge is 0.314 e. The Morgan fingerprint density at radius 3 is 2.44 bits per heavy atom. The van der Waals surface area contributed by atoms with Crippen molar-refractivity contribution in [3.8, 4) is 0 Å². The molecule has 148 valence electrons. The molecule has 2 aromatic rings. The van der Waals surface area contributed by atoms with E-state index in [1.54, 1.807) is 23.5 Å². The topological polar surface area (TPSA) is 59.3 Å². The molecular weight excluding hydrogens is 358 g/mol. The molecule has 0 saturated carbocycles. The zero-order valence-corrected chi connectivity index (χ0v) is 17.9. The summed E-state index contributed by atoms with van der Waals surface area (Å²) in [6, 6.07) is 5.42. The highest BCUT2D eigenvalue weighted by Crippen LogP contribution is 2.37. The number of thiazole rings is 1. The number of aromatic nitrogens is 1. The van der Waals surface area contributed by atoms with Crippen LogP contribution in [0.2, 0.25) is 0 Å². The van der Waals surface area contributed by atoms with E-state index in [1.165, 1.54) is 0 Å².